The van der Waals surface area contributed by atoms with Crippen molar-refractivity contribution in [3.05, 3.63) is 23.8 Å². The van der Waals surface area contributed by atoms with E-state index >= 15 is 0 Å². The van der Waals surface area contributed by atoms with E-state index in [1.165, 1.54) is 32.1 Å². The molecule has 0 spiro atoms. The Bertz CT molecular complexity index is 375. The summed E-state index contributed by atoms with van der Waals surface area (Å²) in [5.41, 5.74) is 7.75. The Morgan fingerprint density at radius 2 is 2.18 bits per heavy atom. The van der Waals surface area contributed by atoms with Crippen LogP contribution in [-0.2, 0) is 0 Å². The number of hydrogen-bond donors (Lipinski definition) is 1. The monoisotopic (exact) mass is 233 g/mol. The average molecular weight is 233 g/mol. The van der Waals surface area contributed by atoms with Gasteiger partial charge >= 0.3 is 0 Å². The Morgan fingerprint density at radius 3 is 2.88 bits per heavy atom. The maximum atomic E-state index is 6.07. The minimum atomic E-state index is 0.400. The first-order chi connectivity index (χ1) is 8.19. The Balaban J connectivity index is 1.97. The van der Waals surface area contributed by atoms with E-state index in [-0.39, 0.29) is 0 Å². The smallest absolute Gasteiger partial charge is 0.120 e. The molecular formula is C15H23NO. The summed E-state index contributed by atoms with van der Waals surface area (Å²) in [6.07, 6.45) is 6.76. The van der Waals surface area contributed by atoms with Gasteiger partial charge in [-0.25, -0.2) is 0 Å². The highest BCUT2D eigenvalue weighted by atomic mass is 16.5. The molecule has 2 unspecified atom stereocenters. The highest BCUT2D eigenvalue weighted by Gasteiger charge is 2.22. The summed E-state index contributed by atoms with van der Waals surface area (Å²) in [6.45, 7) is 4.30. The molecule has 17 heavy (non-hydrogen) atoms. The first-order valence-electron chi connectivity index (χ1n) is 6.71. The van der Waals surface area contributed by atoms with Crippen LogP contribution in [-0.4, -0.2) is 6.10 Å². The number of rotatable bonds is 3. The molecule has 2 rings (SSSR count). The van der Waals surface area contributed by atoms with Gasteiger partial charge in [0.25, 0.3) is 0 Å². The molecule has 0 aromatic heterocycles. The molecule has 2 heteroatoms. The molecule has 2 atom stereocenters. The highest BCUT2D eigenvalue weighted by Crippen LogP contribution is 2.30. The van der Waals surface area contributed by atoms with Crippen molar-refractivity contribution in [2.75, 3.05) is 5.73 Å². The van der Waals surface area contributed by atoms with Gasteiger partial charge in [-0.05, 0) is 55.9 Å². The van der Waals surface area contributed by atoms with Gasteiger partial charge in [0, 0.05) is 5.69 Å². The van der Waals surface area contributed by atoms with E-state index < -0.39 is 0 Å². The van der Waals surface area contributed by atoms with Crippen LogP contribution in [0.4, 0.5) is 5.69 Å². The van der Waals surface area contributed by atoms with Crippen LogP contribution < -0.4 is 10.5 Å². The van der Waals surface area contributed by atoms with E-state index in [1.807, 2.05) is 25.1 Å². The fourth-order valence-electron chi connectivity index (χ4n) is 2.63. The summed E-state index contributed by atoms with van der Waals surface area (Å²) in [5.74, 6) is 1.82. The predicted octanol–water partition coefficient (Wildman–Crippen LogP) is 3.92. The van der Waals surface area contributed by atoms with Crippen LogP contribution in [0.15, 0.2) is 18.2 Å². The highest BCUT2D eigenvalue weighted by molar-refractivity contribution is 5.49. The summed E-state index contributed by atoms with van der Waals surface area (Å²) in [6, 6.07) is 5.97. The molecule has 0 aliphatic heterocycles. The van der Waals surface area contributed by atoms with Crippen molar-refractivity contribution in [1.82, 2.24) is 0 Å². The van der Waals surface area contributed by atoms with Crippen LogP contribution in [0.5, 0.6) is 5.75 Å². The molecule has 0 bridgehead atoms. The number of hydrogen-bond acceptors (Lipinski definition) is 2. The number of nitrogens with two attached hydrogens (primary N) is 1. The third kappa shape index (κ3) is 3.15. The normalized spacial score (nSPS) is 24.6. The van der Waals surface area contributed by atoms with Gasteiger partial charge in [-0.1, -0.05) is 19.8 Å². The first-order valence-corrected chi connectivity index (χ1v) is 6.71. The zero-order chi connectivity index (χ0) is 12.3. The molecule has 94 valence electrons. The maximum Gasteiger partial charge on any atom is 0.120 e. The van der Waals surface area contributed by atoms with E-state index in [4.69, 9.17) is 10.5 Å². The third-order valence-corrected chi connectivity index (χ3v) is 3.86. The molecule has 1 saturated carbocycles. The van der Waals surface area contributed by atoms with Crippen molar-refractivity contribution in [3.8, 4) is 5.75 Å². The van der Waals surface area contributed by atoms with Gasteiger partial charge in [-0.3, -0.25) is 0 Å². The molecule has 1 aliphatic rings. The molecule has 0 saturated heterocycles. The number of ether oxygens (including phenoxy) is 1. The zero-order valence-corrected chi connectivity index (χ0v) is 10.9. The number of anilines is 1. The molecule has 1 aromatic rings. The Labute approximate surface area is 104 Å². The van der Waals surface area contributed by atoms with Gasteiger partial charge in [0.05, 0.1) is 6.10 Å². The predicted molar refractivity (Wildman–Crippen MR) is 72.3 cm³/mol. The average Bonchev–Trinajstić information content (AvgIpc) is 2.34. The third-order valence-electron chi connectivity index (χ3n) is 3.86. The first kappa shape index (κ1) is 12.3. The lowest BCUT2D eigenvalue weighted by molar-refractivity contribution is 0.122. The summed E-state index contributed by atoms with van der Waals surface area (Å²) < 4.78 is 6.07. The quantitative estimate of drug-likeness (QED) is 0.803. The number of benzene rings is 1. The summed E-state index contributed by atoms with van der Waals surface area (Å²) in [5, 5.41) is 0. The van der Waals surface area contributed by atoms with Gasteiger partial charge in [0.2, 0.25) is 0 Å². The van der Waals surface area contributed by atoms with Gasteiger partial charge < -0.3 is 10.5 Å². The van der Waals surface area contributed by atoms with Crippen LogP contribution in [0.1, 0.15) is 44.6 Å². The molecule has 2 N–H and O–H groups in total. The second-order valence-corrected chi connectivity index (χ2v) is 5.20. The van der Waals surface area contributed by atoms with Crippen molar-refractivity contribution in [2.45, 2.75) is 52.1 Å². The standard InChI is InChI=1S/C15H23NO/c1-3-12-5-4-6-13(10-12)17-14-7-8-15(16)11(2)9-14/h7-9,12-13H,3-6,10,16H2,1-2H3. The van der Waals surface area contributed by atoms with E-state index in [9.17, 15) is 0 Å². The molecular weight excluding hydrogens is 210 g/mol. The largest absolute Gasteiger partial charge is 0.490 e. The zero-order valence-electron chi connectivity index (χ0n) is 10.9. The Hall–Kier alpha value is -1.18. The second-order valence-electron chi connectivity index (χ2n) is 5.20. The number of nitrogen functional groups attached to an aromatic ring is 1. The topological polar surface area (TPSA) is 35.2 Å². The van der Waals surface area contributed by atoms with Crippen LogP contribution >= 0.6 is 0 Å². The Morgan fingerprint density at radius 1 is 1.35 bits per heavy atom. The minimum Gasteiger partial charge on any atom is -0.490 e. The molecule has 0 amide bonds. The van der Waals surface area contributed by atoms with Crippen LogP contribution in [0.3, 0.4) is 0 Å². The molecule has 1 fully saturated rings. The van der Waals surface area contributed by atoms with Crippen molar-refractivity contribution in [2.24, 2.45) is 5.92 Å². The van der Waals surface area contributed by atoms with Crippen molar-refractivity contribution < 1.29 is 4.74 Å². The van der Waals surface area contributed by atoms with Crippen molar-refractivity contribution >= 4 is 5.69 Å². The lowest BCUT2D eigenvalue weighted by Gasteiger charge is -2.29. The van der Waals surface area contributed by atoms with Gasteiger partial charge in [0.15, 0.2) is 0 Å². The maximum absolute atomic E-state index is 6.07. The molecule has 1 aromatic carbocycles. The molecule has 0 heterocycles. The van der Waals surface area contributed by atoms with Gasteiger partial charge in [-0.2, -0.15) is 0 Å². The number of aryl methyl sites for hydroxylation is 1. The summed E-state index contributed by atoms with van der Waals surface area (Å²) in [4.78, 5) is 0. The fraction of sp³-hybridized carbons (Fsp3) is 0.600. The van der Waals surface area contributed by atoms with Crippen molar-refractivity contribution in [1.29, 1.82) is 0 Å². The SMILES string of the molecule is CCC1CCCC(Oc2ccc(N)c(C)c2)C1. The Kier molecular flexibility index (Phi) is 3.93. The molecule has 1 aliphatic carbocycles. The fourth-order valence-corrected chi connectivity index (χ4v) is 2.63. The molecule has 0 radical (unpaired) electrons. The minimum absolute atomic E-state index is 0.400. The van der Waals surface area contributed by atoms with Crippen molar-refractivity contribution in [3.63, 3.8) is 0 Å². The van der Waals surface area contributed by atoms with Gasteiger partial charge in [0.1, 0.15) is 5.75 Å². The van der Waals surface area contributed by atoms with Gasteiger partial charge in [-0.15, -0.1) is 0 Å². The summed E-state index contributed by atoms with van der Waals surface area (Å²) >= 11 is 0. The lowest BCUT2D eigenvalue weighted by Crippen LogP contribution is -2.25. The second kappa shape index (κ2) is 5.44. The van der Waals surface area contributed by atoms with Crippen LogP contribution in [0.25, 0.3) is 0 Å². The lowest BCUT2D eigenvalue weighted by atomic mass is 9.85. The van der Waals surface area contributed by atoms with Crippen LogP contribution in [0, 0.1) is 12.8 Å². The summed E-state index contributed by atoms with van der Waals surface area (Å²) in [7, 11) is 0. The van der Waals surface area contributed by atoms with E-state index in [1.54, 1.807) is 0 Å². The van der Waals surface area contributed by atoms with Crippen LogP contribution in [0.2, 0.25) is 0 Å². The van der Waals surface area contributed by atoms with E-state index in [0.717, 1.165) is 22.9 Å². The van der Waals surface area contributed by atoms with E-state index in [2.05, 4.69) is 6.92 Å². The van der Waals surface area contributed by atoms with E-state index in [0.29, 0.717) is 6.10 Å². The molecule has 2 nitrogen and oxygen atoms in total.